The summed E-state index contributed by atoms with van der Waals surface area (Å²) in [6.07, 6.45) is 7.90. The van der Waals surface area contributed by atoms with Gasteiger partial charge in [-0.2, -0.15) is 0 Å². The van der Waals surface area contributed by atoms with E-state index < -0.39 is 0 Å². The summed E-state index contributed by atoms with van der Waals surface area (Å²) >= 11 is 0. The summed E-state index contributed by atoms with van der Waals surface area (Å²) in [4.78, 5) is 4.60. The van der Waals surface area contributed by atoms with Crippen molar-refractivity contribution in [2.75, 3.05) is 17.6 Å². The quantitative estimate of drug-likeness (QED) is 0.545. The average molecular weight is 271 g/mol. The lowest BCUT2D eigenvalue weighted by molar-refractivity contribution is 0.617. The molecule has 0 spiro atoms. The first-order chi connectivity index (χ1) is 9.79. The second kappa shape index (κ2) is 7.73. The van der Waals surface area contributed by atoms with Crippen LogP contribution in [0.2, 0.25) is 0 Å². The van der Waals surface area contributed by atoms with Gasteiger partial charge in [-0.05, 0) is 36.8 Å². The van der Waals surface area contributed by atoms with Gasteiger partial charge in [0.25, 0.3) is 0 Å². The number of fused-ring (bicyclic) bond motifs is 1. The second-order valence-electron chi connectivity index (χ2n) is 5.34. The summed E-state index contributed by atoms with van der Waals surface area (Å²) < 4.78 is 0. The van der Waals surface area contributed by atoms with Crippen molar-refractivity contribution in [1.29, 1.82) is 0 Å². The highest BCUT2D eigenvalue weighted by Crippen LogP contribution is 2.18. The maximum atomic E-state index is 5.77. The Bertz CT molecular complexity index is 537. The van der Waals surface area contributed by atoms with Gasteiger partial charge in [-0.15, -0.1) is 0 Å². The van der Waals surface area contributed by atoms with E-state index in [4.69, 9.17) is 5.73 Å². The molecule has 0 amide bonds. The molecule has 0 bridgehead atoms. The van der Waals surface area contributed by atoms with Crippen LogP contribution >= 0.6 is 0 Å². The van der Waals surface area contributed by atoms with Gasteiger partial charge in [-0.1, -0.05) is 39.0 Å². The number of anilines is 2. The molecule has 3 nitrogen and oxygen atoms in total. The highest BCUT2D eigenvalue weighted by molar-refractivity contribution is 5.83. The fourth-order valence-corrected chi connectivity index (χ4v) is 2.36. The Kier molecular flexibility index (Phi) is 5.66. The average Bonchev–Trinajstić information content (AvgIpc) is 2.46. The Balaban J connectivity index is 1.77. The molecule has 0 fully saturated rings. The third-order valence-electron chi connectivity index (χ3n) is 3.55. The zero-order valence-electron chi connectivity index (χ0n) is 12.4. The van der Waals surface area contributed by atoms with Crippen LogP contribution in [0.5, 0.6) is 0 Å². The molecule has 0 atom stereocenters. The van der Waals surface area contributed by atoms with E-state index in [1.165, 1.54) is 38.5 Å². The number of hydrogen-bond donors (Lipinski definition) is 2. The largest absolute Gasteiger partial charge is 0.399 e. The SMILES string of the molecule is CCCCCCCCNc1ccc2cc(N)ccc2n1. The topological polar surface area (TPSA) is 50.9 Å². The number of pyridine rings is 1. The Labute approximate surface area is 121 Å². The number of nitrogens with two attached hydrogens (primary N) is 1. The highest BCUT2D eigenvalue weighted by Gasteiger charge is 1.98. The summed E-state index contributed by atoms with van der Waals surface area (Å²) in [6.45, 7) is 3.25. The summed E-state index contributed by atoms with van der Waals surface area (Å²) in [5, 5.41) is 4.49. The van der Waals surface area contributed by atoms with Crippen LogP contribution in [-0.4, -0.2) is 11.5 Å². The molecule has 0 aliphatic heterocycles. The number of benzene rings is 1. The first-order valence-electron chi connectivity index (χ1n) is 7.70. The van der Waals surface area contributed by atoms with Gasteiger partial charge < -0.3 is 11.1 Å². The molecule has 3 heteroatoms. The monoisotopic (exact) mass is 271 g/mol. The molecule has 0 unspecified atom stereocenters. The van der Waals surface area contributed by atoms with Gasteiger partial charge in [0.2, 0.25) is 0 Å². The van der Waals surface area contributed by atoms with Crippen molar-refractivity contribution < 1.29 is 0 Å². The van der Waals surface area contributed by atoms with Crippen LogP contribution in [0.3, 0.4) is 0 Å². The molecule has 1 heterocycles. The number of hydrogen-bond acceptors (Lipinski definition) is 3. The van der Waals surface area contributed by atoms with Crippen LogP contribution in [0.1, 0.15) is 45.4 Å². The molecule has 108 valence electrons. The van der Waals surface area contributed by atoms with Gasteiger partial charge in [0.15, 0.2) is 0 Å². The molecule has 0 saturated carbocycles. The minimum Gasteiger partial charge on any atom is -0.399 e. The van der Waals surface area contributed by atoms with Crippen molar-refractivity contribution in [2.45, 2.75) is 45.4 Å². The van der Waals surface area contributed by atoms with Crippen LogP contribution in [0, 0.1) is 0 Å². The van der Waals surface area contributed by atoms with Gasteiger partial charge in [-0.3, -0.25) is 0 Å². The fraction of sp³-hybridized carbons (Fsp3) is 0.471. The molecule has 1 aromatic carbocycles. The number of unbranched alkanes of at least 4 members (excludes halogenated alkanes) is 5. The highest BCUT2D eigenvalue weighted by atomic mass is 15.0. The van der Waals surface area contributed by atoms with Crippen molar-refractivity contribution in [3.63, 3.8) is 0 Å². The number of nitrogens with zero attached hydrogens (tertiary/aromatic N) is 1. The molecule has 1 aromatic heterocycles. The zero-order valence-corrected chi connectivity index (χ0v) is 12.4. The van der Waals surface area contributed by atoms with Gasteiger partial charge >= 0.3 is 0 Å². The van der Waals surface area contributed by atoms with Gasteiger partial charge in [0.05, 0.1) is 5.52 Å². The predicted octanol–water partition coefficient (Wildman–Crippen LogP) is 4.59. The van der Waals surface area contributed by atoms with E-state index >= 15 is 0 Å². The lowest BCUT2D eigenvalue weighted by Gasteiger charge is -2.07. The molecule has 0 aliphatic rings. The van der Waals surface area contributed by atoms with Crippen LogP contribution < -0.4 is 11.1 Å². The molecular weight excluding hydrogens is 246 g/mol. The summed E-state index contributed by atoms with van der Waals surface area (Å²) in [6, 6.07) is 9.93. The third-order valence-corrected chi connectivity index (χ3v) is 3.55. The molecule has 0 saturated heterocycles. The number of aromatic nitrogens is 1. The Hall–Kier alpha value is -1.77. The van der Waals surface area contributed by atoms with Crippen molar-refractivity contribution >= 4 is 22.4 Å². The molecule has 20 heavy (non-hydrogen) atoms. The van der Waals surface area contributed by atoms with Crippen molar-refractivity contribution in [3.05, 3.63) is 30.3 Å². The molecular formula is C17H25N3. The van der Waals surface area contributed by atoms with E-state index in [9.17, 15) is 0 Å². The van der Waals surface area contributed by atoms with E-state index in [0.29, 0.717) is 0 Å². The summed E-state index contributed by atoms with van der Waals surface area (Å²) in [5.41, 5.74) is 7.54. The minimum absolute atomic E-state index is 0.784. The summed E-state index contributed by atoms with van der Waals surface area (Å²) in [7, 11) is 0. The maximum absolute atomic E-state index is 5.77. The molecule has 0 aliphatic carbocycles. The number of nitrogen functional groups attached to an aromatic ring is 1. The maximum Gasteiger partial charge on any atom is 0.126 e. The zero-order chi connectivity index (χ0) is 14.2. The lowest BCUT2D eigenvalue weighted by Crippen LogP contribution is -2.03. The fourth-order valence-electron chi connectivity index (χ4n) is 2.36. The van der Waals surface area contributed by atoms with Crippen LogP contribution in [0.4, 0.5) is 11.5 Å². The van der Waals surface area contributed by atoms with Crippen molar-refractivity contribution in [3.8, 4) is 0 Å². The van der Waals surface area contributed by atoms with Crippen molar-refractivity contribution in [1.82, 2.24) is 4.98 Å². The van der Waals surface area contributed by atoms with E-state index in [-0.39, 0.29) is 0 Å². The molecule has 3 N–H and O–H groups in total. The van der Waals surface area contributed by atoms with Gasteiger partial charge in [0.1, 0.15) is 5.82 Å². The van der Waals surface area contributed by atoms with Crippen molar-refractivity contribution in [2.24, 2.45) is 0 Å². The van der Waals surface area contributed by atoms with E-state index in [2.05, 4.69) is 23.3 Å². The molecule has 2 rings (SSSR count). The smallest absolute Gasteiger partial charge is 0.126 e. The number of rotatable bonds is 8. The van der Waals surface area contributed by atoms with Crippen LogP contribution in [0.15, 0.2) is 30.3 Å². The molecule has 2 aromatic rings. The second-order valence-corrected chi connectivity index (χ2v) is 5.34. The lowest BCUT2D eigenvalue weighted by atomic mass is 10.1. The first-order valence-corrected chi connectivity index (χ1v) is 7.70. The minimum atomic E-state index is 0.784. The van der Waals surface area contributed by atoms with Crippen LogP contribution in [-0.2, 0) is 0 Å². The van der Waals surface area contributed by atoms with E-state index in [1.54, 1.807) is 0 Å². The van der Waals surface area contributed by atoms with Crippen LogP contribution in [0.25, 0.3) is 10.9 Å². The number of nitrogens with one attached hydrogen (secondary N) is 1. The van der Waals surface area contributed by atoms with E-state index in [0.717, 1.165) is 29.0 Å². The normalized spacial score (nSPS) is 10.8. The Morgan fingerprint density at radius 2 is 1.80 bits per heavy atom. The summed E-state index contributed by atoms with van der Waals surface area (Å²) in [5.74, 6) is 0.954. The van der Waals surface area contributed by atoms with Gasteiger partial charge in [-0.25, -0.2) is 4.98 Å². The van der Waals surface area contributed by atoms with Gasteiger partial charge in [0, 0.05) is 17.6 Å². The molecule has 0 radical (unpaired) electrons. The van der Waals surface area contributed by atoms with E-state index in [1.807, 2.05) is 24.3 Å². The Morgan fingerprint density at radius 1 is 1.00 bits per heavy atom. The third kappa shape index (κ3) is 4.41. The first kappa shape index (κ1) is 14.6. The standard InChI is InChI=1S/C17H25N3/c1-2-3-4-5-6-7-12-19-17-11-8-14-13-15(18)9-10-16(14)20-17/h8-11,13H,2-7,12,18H2,1H3,(H,19,20). The Morgan fingerprint density at radius 3 is 2.65 bits per heavy atom. The predicted molar refractivity (Wildman–Crippen MR) is 88.0 cm³/mol.